The lowest BCUT2D eigenvalue weighted by Gasteiger charge is -2.11. The number of amides is 1. The Bertz CT molecular complexity index is 613. The molecular formula is C11H11N3O3S. The van der Waals surface area contributed by atoms with Crippen LogP contribution in [0.25, 0.3) is 10.3 Å². The normalized spacial score (nSPS) is 19.6. The van der Waals surface area contributed by atoms with Crippen molar-refractivity contribution in [3.05, 3.63) is 17.3 Å². The van der Waals surface area contributed by atoms with E-state index in [0.717, 1.165) is 15.4 Å². The number of aryl methyl sites for hydroxylation is 1. The highest BCUT2D eigenvalue weighted by molar-refractivity contribution is 7.18. The second-order valence-corrected chi connectivity index (χ2v) is 5.23. The molecule has 2 aromatic heterocycles. The van der Waals surface area contributed by atoms with Gasteiger partial charge in [0.25, 0.3) is 0 Å². The monoisotopic (exact) mass is 265 g/mol. The molecule has 94 valence electrons. The lowest BCUT2D eigenvalue weighted by atomic mass is 10.3. The maximum Gasteiger partial charge on any atom is 0.414 e. The first-order valence-corrected chi connectivity index (χ1v) is 6.31. The Hall–Kier alpha value is -1.73. The molecule has 1 aliphatic rings. The van der Waals surface area contributed by atoms with Crippen molar-refractivity contribution in [2.75, 3.05) is 18.1 Å². The summed E-state index contributed by atoms with van der Waals surface area (Å²) in [4.78, 5) is 22.6. The number of ether oxygens (including phenoxy) is 1. The molecule has 0 unspecified atom stereocenters. The highest BCUT2D eigenvalue weighted by atomic mass is 32.1. The zero-order valence-electron chi connectivity index (χ0n) is 9.66. The number of carbonyl (C=O) groups is 1. The van der Waals surface area contributed by atoms with Crippen molar-refractivity contribution in [1.29, 1.82) is 0 Å². The summed E-state index contributed by atoms with van der Waals surface area (Å²) in [5.41, 5.74) is 1.42. The minimum Gasteiger partial charge on any atom is -0.441 e. The lowest BCUT2D eigenvalue weighted by molar-refractivity contribution is 0.0963. The molecule has 0 aromatic carbocycles. The molecule has 0 aliphatic carbocycles. The molecule has 0 spiro atoms. The Morgan fingerprint density at radius 2 is 2.50 bits per heavy atom. The van der Waals surface area contributed by atoms with Crippen LogP contribution in [0.15, 0.2) is 12.3 Å². The standard InChI is InChI=1S/C11H11N3O3S/c1-6-13-9-2-7(3-12-10(9)18-6)14-4-8(5-15)17-11(14)16/h2-3,8,15H,4-5H2,1H3/t8-/m1/s1. The number of aromatic nitrogens is 2. The zero-order chi connectivity index (χ0) is 12.7. The van der Waals surface area contributed by atoms with E-state index in [1.807, 2.05) is 13.0 Å². The van der Waals surface area contributed by atoms with Crippen molar-refractivity contribution < 1.29 is 14.6 Å². The summed E-state index contributed by atoms with van der Waals surface area (Å²) in [6.45, 7) is 2.08. The van der Waals surface area contributed by atoms with E-state index >= 15 is 0 Å². The quantitative estimate of drug-likeness (QED) is 0.886. The number of rotatable bonds is 2. The first-order valence-electron chi connectivity index (χ1n) is 5.49. The van der Waals surface area contributed by atoms with Crippen LogP contribution in [0.2, 0.25) is 0 Å². The third kappa shape index (κ3) is 1.81. The molecule has 6 nitrogen and oxygen atoms in total. The minimum atomic E-state index is -0.467. The van der Waals surface area contributed by atoms with Crippen LogP contribution < -0.4 is 4.90 Å². The average molecular weight is 265 g/mol. The molecule has 0 saturated carbocycles. The van der Waals surface area contributed by atoms with Crippen molar-refractivity contribution in [3.63, 3.8) is 0 Å². The van der Waals surface area contributed by atoms with Gasteiger partial charge in [0.2, 0.25) is 0 Å². The fourth-order valence-corrected chi connectivity index (χ4v) is 2.63. The van der Waals surface area contributed by atoms with Crippen LogP contribution in [0.4, 0.5) is 10.5 Å². The van der Waals surface area contributed by atoms with Gasteiger partial charge in [0, 0.05) is 0 Å². The lowest BCUT2D eigenvalue weighted by Crippen LogP contribution is -2.25. The van der Waals surface area contributed by atoms with Crippen LogP contribution in [0.5, 0.6) is 0 Å². The summed E-state index contributed by atoms with van der Waals surface area (Å²) < 4.78 is 4.99. The summed E-state index contributed by atoms with van der Waals surface area (Å²) in [6, 6.07) is 1.81. The first kappa shape index (κ1) is 11.4. The van der Waals surface area contributed by atoms with E-state index in [1.165, 1.54) is 16.2 Å². The number of fused-ring (bicyclic) bond motifs is 1. The number of anilines is 1. The molecule has 7 heteroatoms. The molecule has 1 atom stereocenters. The molecule has 18 heavy (non-hydrogen) atoms. The van der Waals surface area contributed by atoms with Crippen LogP contribution in [0, 0.1) is 6.92 Å². The second kappa shape index (κ2) is 4.18. The Balaban J connectivity index is 1.96. The van der Waals surface area contributed by atoms with Crippen molar-refractivity contribution in [2.45, 2.75) is 13.0 Å². The minimum absolute atomic E-state index is 0.173. The van der Waals surface area contributed by atoms with Gasteiger partial charge < -0.3 is 9.84 Å². The average Bonchev–Trinajstić information content (AvgIpc) is 2.89. The van der Waals surface area contributed by atoms with Crippen LogP contribution in [0.3, 0.4) is 0 Å². The van der Waals surface area contributed by atoms with E-state index in [4.69, 9.17) is 9.84 Å². The van der Waals surface area contributed by atoms with E-state index in [2.05, 4.69) is 9.97 Å². The van der Waals surface area contributed by atoms with Crippen molar-refractivity contribution in [1.82, 2.24) is 9.97 Å². The molecule has 0 radical (unpaired) electrons. The van der Waals surface area contributed by atoms with E-state index in [9.17, 15) is 4.79 Å². The number of carbonyl (C=O) groups excluding carboxylic acids is 1. The number of thiazole rings is 1. The number of cyclic esters (lactones) is 1. The number of aliphatic hydroxyl groups is 1. The number of nitrogens with zero attached hydrogens (tertiary/aromatic N) is 3. The Morgan fingerprint density at radius 3 is 3.22 bits per heavy atom. The molecular weight excluding hydrogens is 254 g/mol. The number of hydrogen-bond donors (Lipinski definition) is 1. The molecule has 3 rings (SSSR count). The summed E-state index contributed by atoms with van der Waals surface area (Å²) in [6.07, 6.45) is 0.702. The van der Waals surface area contributed by atoms with Crippen LogP contribution in [-0.4, -0.2) is 40.4 Å². The van der Waals surface area contributed by atoms with Crippen LogP contribution in [0.1, 0.15) is 5.01 Å². The van der Waals surface area contributed by atoms with Gasteiger partial charge in [-0.3, -0.25) is 4.90 Å². The summed E-state index contributed by atoms with van der Waals surface area (Å²) >= 11 is 1.51. The largest absolute Gasteiger partial charge is 0.441 e. The Labute approximate surface area is 107 Å². The van der Waals surface area contributed by atoms with Gasteiger partial charge in [-0.25, -0.2) is 14.8 Å². The van der Waals surface area contributed by atoms with Crippen LogP contribution in [-0.2, 0) is 4.74 Å². The van der Waals surface area contributed by atoms with Crippen molar-refractivity contribution in [2.24, 2.45) is 0 Å². The highest BCUT2D eigenvalue weighted by Crippen LogP contribution is 2.26. The van der Waals surface area contributed by atoms with Crippen molar-refractivity contribution in [3.8, 4) is 0 Å². The molecule has 1 N–H and O–H groups in total. The molecule has 3 heterocycles. The Kier molecular flexibility index (Phi) is 2.64. The van der Waals surface area contributed by atoms with Gasteiger partial charge in [0.15, 0.2) is 0 Å². The second-order valence-electron chi connectivity index (χ2n) is 4.05. The van der Waals surface area contributed by atoms with Crippen molar-refractivity contribution >= 4 is 33.5 Å². The highest BCUT2D eigenvalue weighted by Gasteiger charge is 2.32. The smallest absolute Gasteiger partial charge is 0.414 e. The first-order chi connectivity index (χ1) is 8.67. The van der Waals surface area contributed by atoms with Gasteiger partial charge in [-0.2, -0.15) is 0 Å². The molecule has 1 aliphatic heterocycles. The SMILES string of the molecule is Cc1nc2cc(N3C[C@H](CO)OC3=O)cnc2s1. The fourth-order valence-electron chi connectivity index (χ4n) is 1.90. The van der Waals surface area contributed by atoms with E-state index in [1.54, 1.807) is 6.20 Å². The predicted octanol–water partition coefficient (Wildman–Crippen LogP) is 1.32. The molecule has 1 amide bonds. The Morgan fingerprint density at radius 1 is 1.67 bits per heavy atom. The van der Waals surface area contributed by atoms with Gasteiger partial charge in [-0.05, 0) is 13.0 Å². The summed E-state index contributed by atoms with van der Waals surface area (Å²) in [5.74, 6) is 0. The molecule has 0 bridgehead atoms. The molecule has 2 aromatic rings. The zero-order valence-corrected chi connectivity index (χ0v) is 10.5. The maximum absolute atomic E-state index is 11.6. The van der Waals surface area contributed by atoms with E-state index < -0.39 is 12.2 Å². The third-order valence-electron chi connectivity index (χ3n) is 2.73. The van der Waals surface area contributed by atoms with E-state index in [-0.39, 0.29) is 6.61 Å². The molecule has 1 saturated heterocycles. The van der Waals surface area contributed by atoms with Gasteiger partial charge in [0.1, 0.15) is 16.5 Å². The third-order valence-corrected chi connectivity index (χ3v) is 3.62. The fraction of sp³-hybridized carbons (Fsp3) is 0.364. The van der Waals surface area contributed by atoms with Crippen LogP contribution >= 0.6 is 11.3 Å². The number of hydrogen-bond acceptors (Lipinski definition) is 6. The summed E-state index contributed by atoms with van der Waals surface area (Å²) in [5, 5.41) is 9.93. The van der Waals surface area contributed by atoms with Gasteiger partial charge in [-0.1, -0.05) is 11.3 Å². The topological polar surface area (TPSA) is 75.6 Å². The van der Waals surface area contributed by atoms with E-state index in [0.29, 0.717) is 12.2 Å². The maximum atomic E-state index is 11.6. The van der Waals surface area contributed by atoms with Gasteiger partial charge in [-0.15, -0.1) is 0 Å². The van der Waals surface area contributed by atoms with Gasteiger partial charge >= 0.3 is 6.09 Å². The molecule has 1 fully saturated rings. The number of pyridine rings is 1. The predicted molar refractivity (Wildman–Crippen MR) is 66.9 cm³/mol. The summed E-state index contributed by atoms with van der Waals surface area (Å²) in [7, 11) is 0. The number of aliphatic hydroxyl groups excluding tert-OH is 1. The van der Waals surface area contributed by atoms with Gasteiger partial charge in [0.05, 0.1) is 30.0 Å².